The van der Waals surface area contributed by atoms with Crippen LogP contribution in [0.5, 0.6) is 0 Å². The Kier molecular flexibility index (Phi) is 3.40. The van der Waals surface area contributed by atoms with E-state index in [0.29, 0.717) is 5.41 Å². The molecule has 3 unspecified atom stereocenters. The maximum absolute atomic E-state index is 2.79. The predicted molar refractivity (Wildman–Crippen MR) is 95.6 cm³/mol. The molecule has 0 amide bonds. The minimum absolute atomic E-state index is 0.514. The molecular formula is C22H29N. The summed E-state index contributed by atoms with van der Waals surface area (Å²) >= 11 is 0. The summed E-state index contributed by atoms with van der Waals surface area (Å²) in [5.41, 5.74) is 3.86. The number of hydrogen-bond donors (Lipinski definition) is 0. The Hall–Kier alpha value is -1.08. The van der Waals surface area contributed by atoms with Gasteiger partial charge in [-0.2, -0.15) is 0 Å². The Morgan fingerprint density at radius 1 is 1.00 bits per heavy atom. The Bertz CT molecular complexity index is 608. The predicted octanol–water partition coefficient (Wildman–Crippen LogP) is 4.57. The minimum Gasteiger partial charge on any atom is -0.303 e. The fourth-order valence-electron chi connectivity index (χ4n) is 6.13. The van der Waals surface area contributed by atoms with E-state index in [2.05, 4.69) is 41.3 Å². The van der Waals surface area contributed by atoms with Crippen molar-refractivity contribution in [2.45, 2.75) is 50.4 Å². The van der Waals surface area contributed by atoms with Crippen molar-refractivity contribution in [1.82, 2.24) is 4.90 Å². The monoisotopic (exact) mass is 307 g/mol. The lowest BCUT2D eigenvalue weighted by Crippen LogP contribution is -2.46. The molecule has 1 nitrogen and oxygen atoms in total. The van der Waals surface area contributed by atoms with Crippen LogP contribution < -0.4 is 0 Å². The van der Waals surface area contributed by atoms with E-state index in [1.807, 2.05) is 0 Å². The van der Waals surface area contributed by atoms with Gasteiger partial charge in [-0.3, -0.25) is 0 Å². The standard InChI is InChI=1S/C22H29N/c1-2-6-21-18(4-1)5-3-9-22(21)10-12-23(13-11-22)16-20-15-17-7-8-19(20)14-17/h1-2,4,6-8,17,19-20H,3,5,9-16H2. The Labute approximate surface area is 140 Å². The van der Waals surface area contributed by atoms with E-state index in [0.717, 1.165) is 17.8 Å². The molecule has 1 saturated carbocycles. The summed E-state index contributed by atoms with van der Waals surface area (Å²) in [6.45, 7) is 4.01. The number of nitrogens with zero attached hydrogens (tertiary/aromatic N) is 1. The van der Waals surface area contributed by atoms with E-state index >= 15 is 0 Å². The quantitative estimate of drug-likeness (QED) is 0.724. The molecule has 2 bridgehead atoms. The highest BCUT2D eigenvalue weighted by molar-refractivity contribution is 5.37. The zero-order valence-electron chi connectivity index (χ0n) is 14.2. The van der Waals surface area contributed by atoms with Gasteiger partial charge < -0.3 is 4.90 Å². The number of benzene rings is 1. The van der Waals surface area contributed by atoms with Crippen molar-refractivity contribution in [3.8, 4) is 0 Å². The highest BCUT2D eigenvalue weighted by Crippen LogP contribution is 2.47. The highest BCUT2D eigenvalue weighted by Gasteiger charge is 2.41. The summed E-state index contributed by atoms with van der Waals surface area (Å²) in [6, 6.07) is 9.31. The van der Waals surface area contributed by atoms with Crippen LogP contribution in [0.1, 0.15) is 49.7 Å². The summed E-state index contributed by atoms with van der Waals surface area (Å²) in [4.78, 5) is 2.79. The van der Waals surface area contributed by atoms with Crippen LogP contribution in [-0.2, 0) is 11.8 Å². The van der Waals surface area contributed by atoms with Crippen LogP contribution in [-0.4, -0.2) is 24.5 Å². The Balaban J connectivity index is 1.27. The molecule has 1 heteroatoms. The SMILES string of the molecule is C1=CC2CC1CC2CN1CCC2(CCCc3ccccc32)CC1. The average Bonchev–Trinajstić information content (AvgIpc) is 3.21. The van der Waals surface area contributed by atoms with Gasteiger partial charge in [0.05, 0.1) is 0 Å². The first-order chi connectivity index (χ1) is 11.3. The lowest BCUT2D eigenvalue weighted by atomic mass is 9.65. The fraction of sp³-hybridized carbons (Fsp3) is 0.636. The minimum atomic E-state index is 0.514. The molecule has 1 saturated heterocycles. The topological polar surface area (TPSA) is 3.24 Å². The van der Waals surface area contributed by atoms with Crippen molar-refractivity contribution in [3.63, 3.8) is 0 Å². The number of allylic oxidation sites excluding steroid dienone is 2. The van der Waals surface area contributed by atoms with Gasteiger partial charge in [0.2, 0.25) is 0 Å². The molecule has 122 valence electrons. The molecule has 1 aromatic carbocycles. The first-order valence-corrected chi connectivity index (χ1v) is 9.81. The smallest absolute Gasteiger partial charge is 0.00155 e. The molecule has 1 heterocycles. The van der Waals surface area contributed by atoms with E-state index < -0.39 is 0 Å². The number of fused-ring (bicyclic) bond motifs is 4. The second kappa shape index (κ2) is 5.48. The van der Waals surface area contributed by atoms with Crippen molar-refractivity contribution >= 4 is 0 Å². The molecule has 23 heavy (non-hydrogen) atoms. The van der Waals surface area contributed by atoms with E-state index in [4.69, 9.17) is 0 Å². The summed E-state index contributed by atoms with van der Waals surface area (Å²) in [7, 11) is 0. The van der Waals surface area contributed by atoms with Gasteiger partial charge >= 0.3 is 0 Å². The molecule has 0 radical (unpaired) electrons. The van der Waals surface area contributed by atoms with Crippen LogP contribution in [0.4, 0.5) is 0 Å². The number of likely N-dealkylation sites (tertiary alicyclic amines) is 1. The molecule has 3 atom stereocenters. The summed E-state index contributed by atoms with van der Waals surface area (Å²) < 4.78 is 0. The van der Waals surface area contributed by atoms with Gasteiger partial charge in [0.25, 0.3) is 0 Å². The average molecular weight is 307 g/mol. The third-order valence-corrected chi connectivity index (χ3v) is 7.41. The van der Waals surface area contributed by atoms with E-state index in [9.17, 15) is 0 Å². The molecule has 5 rings (SSSR count). The maximum Gasteiger partial charge on any atom is 0.00155 e. The second-order valence-electron chi connectivity index (χ2n) is 8.63. The maximum atomic E-state index is 2.79. The lowest BCUT2D eigenvalue weighted by Gasteiger charge is -2.46. The van der Waals surface area contributed by atoms with Crippen LogP contribution in [0.3, 0.4) is 0 Å². The van der Waals surface area contributed by atoms with Gasteiger partial charge in [-0.05, 0) is 92.3 Å². The van der Waals surface area contributed by atoms with Crippen molar-refractivity contribution in [2.75, 3.05) is 19.6 Å². The van der Waals surface area contributed by atoms with Gasteiger partial charge in [0.15, 0.2) is 0 Å². The van der Waals surface area contributed by atoms with Crippen molar-refractivity contribution < 1.29 is 0 Å². The summed E-state index contributed by atoms with van der Waals surface area (Å²) in [6.07, 6.45) is 14.8. The van der Waals surface area contributed by atoms with Gasteiger partial charge in [-0.15, -0.1) is 0 Å². The van der Waals surface area contributed by atoms with Crippen LogP contribution >= 0.6 is 0 Å². The molecule has 1 spiro atoms. The Morgan fingerprint density at radius 2 is 1.87 bits per heavy atom. The highest BCUT2D eigenvalue weighted by atomic mass is 15.1. The number of aryl methyl sites for hydroxylation is 1. The third-order valence-electron chi connectivity index (χ3n) is 7.41. The van der Waals surface area contributed by atoms with Crippen molar-refractivity contribution in [1.29, 1.82) is 0 Å². The Morgan fingerprint density at radius 3 is 2.65 bits per heavy atom. The molecule has 1 aromatic rings. The molecule has 0 N–H and O–H groups in total. The summed E-state index contributed by atoms with van der Waals surface area (Å²) in [5, 5.41) is 0. The van der Waals surface area contributed by atoms with Gasteiger partial charge in [-0.1, -0.05) is 36.4 Å². The molecule has 0 aromatic heterocycles. The van der Waals surface area contributed by atoms with E-state index in [1.54, 1.807) is 11.1 Å². The van der Waals surface area contributed by atoms with Crippen molar-refractivity contribution in [3.05, 3.63) is 47.5 Å². The zero-order valence-corrected chi connectivity index (χ0v) is 14.2. The van der Waals surface area contributed by atoms with Gasteiger partial charge in [-0.25, -0.2) is 0 Å². The van der Waals surface area contributed by atoms with Gasteiger partial charge in [0.1, 0.15) is 0 Å². The van der Waals surface area contributed by atoms with Crippen LogP contribution in [0.2, 0.25) is 0 Å². The normalized spacial score (nSPS) is 34.9. The number of rotatable bonds is 2. The van der Waals surface area contributed by atoms with Crippen LogP contribution in [0, 0.1) is 17.8 Å². The van der Waals surface area contributed by atoms with Crippen molar-refractivity contribution in [2.24, 2.45) is 17.8 Å². The number of piperidine rings is 1. The number of hydrogen-bond acceptors (Lipinski definition) is 1. The van der Waals surface area contributed by atoms with Crippen LogP contribution in [0.15, 0.2) is 36.4 Å². The molecule has 3 aliphatic carbocycles. The fourth-order valence-corrected chi connectivity index (χ4v) is 6.13. The third kappa shape index (κ3) is 2.39. The molecule has 1 aliphatic heterocycles. The largest absolute Gasteiger partial charge is 0.303 e. The van der Waals surface area contributed by atoms with E-state index in [1.165, 1.54) is 64.6 Å². The molecule has 4 aliphatic rings. The molecular weight excluding hydrogens is 278 g/mol. The van der Waals surface area contributed by atoms with E-state index in [-0.39, 0.29) is 0 Å². The van der Waals surface area contributed by atoms with Crippen LogP contribution in [0.25, 0.3) is 0 Å². The molecule has 2 fully saturated rings. The lowest BCUT2D eigenvalue weighted by molar-refractivity contribution is 0.122. The van der Waals surface area contributed by atoms with Gasteiger partial charge in [0, 0.05) is 6.54 Å². The second-order valence-corrected chi connectivity index (χ2v) is 8.63. The summed E-state index contributed by atoms with van der Waals surface area (Å²) in [5.74, 6) is 2.79. The first-order valence-electron chi connectivity index (χ1n) is 9.81. The zero-order chi connectivity index (χ0) is 15.3. The first kappa shape index (κ1) is 14.3.